The molecule has 114 valence electrons. The van der Waals surface area contributed by atoms with E-state index in [1.54, 1.807) is 16.8 Å². The minimum Gasteiger partial charge on any atom is -0.192 e. The lowest BCUT2D eigenvalue weighted by Crippen LogP contribution is -2.02. The molecule has 0 saturated heterocycles. The average molecular weight is 342 g/mol. The second kappa shape index (κ2) is 6.41. The minimum absolute atomic E-state index is 0.420. The van der Waals surface area contributed by atoms with Gasteiger partial charge < -0.3 is 0 Å². The number of tetrazole rings is 1. The van der Waals surface area contributed by atoms with Gasteiger partial charge in [-0.05, 0) is 65.4 Å². The third kappa shape index (κ3) is 3.07. The maximum Gasteiger partial charge on any atom is 0.218 e. The van der Waals surface area contributed by atoms with Crippen molar-refractivity contribution in [2.45, 2.75) is 23.9 Å². The molecule has 0 atom stereocenters. The molecule has 2 aromatic carbocycles. The molecule has 0 aliphatic heterocycles. The Morgan fingerprint density at radius 3 is 2.83 bits per heavy atom. The van der Waals surface area contributed by atoms with E-state index in [2.05, 4.69) is 21.6 Å². The van der Waals surface area contributed by atoms with E-state index in [0.717, 1.165) is 21.7 Å². The lowest BCUT2D eigenvalue weighted by molar-refractivity contribution is 0.751. The normalized spacial score (nSPS) is 10.5. The van der Waals surface area contributed by atoms with E-state index in [0.29, 0.717) is 15.7 Å². The van der Waals surface area contributed by atoms with Crippen molar-refractivity contribution in [1.82, 2.24) is 20.2 Å². The first-order chi connectivity index (χ1) is 11.1. The van der Waals surface area contributed by atoms with Crippen LogP contribution in [0.15, 0.2) is 46.5 Å². The van der Waals surface area contributed by atoms with Gasteiger partial charge in [0.15, 0.2) is 0 Å². The van der Waals surface area contributed by atoms with Gasteiger partial charge in [-0.25, -0.2) is 0 Å². The molecular weight excluding hydrogens is 330 g/mol. The number of nitriles is 1. The zero-order valence-corrected chi connectivity index (χ0v) is 14.1. The third-order valence-electron chi connectivity index (χ3n) is 3.32. The van der Waals surface area contributed by atoms with Crippen LogP contribution in [0.4, 0.5) is 0 Å². The van der Waals surface area contributed by atoms with Crippen LogP contribution in [-0.4, -0.2) is 20.2 Å². The second-order valence-corrected chi connectivity index (χ2v) is 6.41. The van der Waals surface area contributed by atoms with Crippen molar-refractivity contribution in [3.63, 3.8) is 0 Å². The Hall–Kier alpha value is -2.36. The largest absolute Gasteiger partial charge is 0.218 e. The summed E-state index contributed by atoms with van der Waals surface area (Å²) in [6.45, 7) is 4.02. The average Bonchev–Trinajstić information content (AvgIpc) is 2.98. The molecule has 0 fully saturated rings. The molecule has 1 aromatic heterocycles. The molecule has 0 N–H and O–H groups in total. The maximum atomic E-state index is 9.29. The summed E-state index contributed by atoms with van der Waals surface area (Å²) >= 11 is 7.39. The topological polar surface area (TPSA) is 67.4 Å². The van der Waals surface area contributed by atoms with Gasteiger partial charge in [0.05, 0.1) is 16.3 Å². The highest BCUT2D eigenvalue weighted by Gasteiger charge is 2.15. The van der Waals surface area contributed by atoms with E-state index in [1.807, 2.05) is 38.1 Å². The molecule has 3 rings (SSSR count). The third-order valence-corrected chi connectivity index (χ3v) is 4.63. The molecule has 0 radical (unpaired) electrons. The highest BCUT2D eigenvalue weighted by Crippen LogP contribution is 2.33. The van der Waals surface area contributed by atoms with Crippen LogP contribution in [-0.2, 0) is 0 Å². The minimum atomic E-state index is 0.420. The van der Waals surface area contributed by atoms with E-state index < -0.39 is 0 Å². The van der Waals surface area contributed by atoms with Gasteiger partial charge in [0.2, 0.25) is 5.16 Å². The predicted molar refractivity (Wildman–Crippen MR) is 88.9 cm³/mol. The van der Waals surface area contributed by atoms with Gasteiger partial charge in [-0.15, -0.1) is 5.10 Å². The number of halogens is 1. The Morgan fingerprint density at radius 2 is 2.04 bits per heavy atom. The SMILES string of the molecule is Cc1ccc(C)c(-n2nnnc2Sc2cccc(Cl)c2C#N)c1. The van der Waals surface area contributed by atoms with Crippen LogP contribution in [0.2, 0.25) is 5.02 Å². The fourth-order valence-electron chi connectivity index (χ4n) is 2.14. The Balaban J connectivity index is 2.05. The lowest BCUT2D eigenvalue weighted by atomic mass is 10.1. The second-order valence-electron chi connectivity index (χ2n) is 4.99. The van der Waals surface area contributed by atoms with Crippen molar-refractivity contribution >= 4 is 23.4 Å². The molecule has 5 nitrogen and oxygen atoms in total. The van der Waals surface area contributed by atoms with Gasteiger partial charge in [0.1, 0.15) is 6.07 Å². The van der Waals surface area contributed by atoms with Gasteiger partial charge in [-0.3, -0.25) is 0 Å². The quantitative estimate of drug-likeness (QED) is 0.721. The first-order valence-electron chi connectivity index (χ1n) is 6.82. The lowest BCUT2D eigenvalue weighted by Gasteiger charge is -2.09. The summed E-state index contributed by atoms with van der Waals surface area (Å²) in [5.74, 6) is 0. The van der Waals surface area contributed by atoms with Crippen LogP contribution in [0.3, 0.4) is 0 Å². The molecule has 0 unspecified atom stereocenters. The molecule has 0 saturated carbocycles. The van der Waals surface area contributed by atoms with Gasteiger partial charge in [0.25, 0.3) is 0 Å². The predicted octanol–water partition coefficient (Wildman–Crippen LogP) is 3.96. The standard InChI is InChI=1S/C16H12ClN5S/c1-10-6-7-11(2)14(8-10)22-16(19-20-21-22)23-15-5-3-4-13(17)12(15)9-18/h3-8H,1-2H3. The molecule has 1 heterocycles. The Morgan fingerprint density at radius 1 is 1.22 bits per heavy atom. The first kappa shape index (κ1) is 15.5. The molecule has 0 aliphatic carbocycles. The van der Waals surface area contributed by atoms with Gasteiger partial charge in [-0.1, -0.05) is 29.8 Å². The number of aryl methyl sites for hydroxylation is 2. The van der Waals surface area contributed by atoms with Crippen molar-refractivity contribution in [2.24, 2.45) is 0 Å². The Kier molecular flexibility index (Phi) is 4.33. The van der Waals surface area contributed by atoms with E-state index in [9.17, 15) is 5.26 Å². The summed E-state index contributed by atoms with van der Waals surface area (Å²) < 4.78 is 1.68. The van der Waals surface area contributed by atoms with Crippen molar-refractivity contribution in [3.05, 3.63) is 58.1 Å². The number of hydrogen-bond donors (Lipinski definition) is 0. The van der Waals surface area contributed by atoms with Crippen LogP contribution >= 0.6 is 23.4 Å². The van der Waals surface area contributed by atoms with Crippen LogP contribution < -0.4 is 0 Å². The van der Waals surface area contributed by atoms with Crippen molar-refractivity contribution in [2.75, 3.05) is 0 Å². The Labute approximate surface area is 142 Å². The van der Waals surface area contributed by atoms with E-state index in [1.165, 1.54) is 11.8 Å². The Bertz CT molecular complexity index is 913. The molecule has 3 aromatic rings. The molecule has 7 heteroatoms. The number of rotatable bonds is 3. The molecule has 0 aliphatic rings. The maximum absolute atomic E-state index is 9.29. The van der Waals surface area contributed by atoms with E-state index in [-0.39, 0.29) is 0 Å². The summed E-state index contributed by atoms with van der Waals surface area (Å²) in [6.07, 6.45) is 0. The number of hydrogen-bond acceptors (Lipinski definition) is 5. The molecule has 0 bridgehead atoms. The van der Waals surface area contributed by atoms with E-state index in [4.69, 9.17) is 11.6 Å². The first-order valence-corrected chi connectivity index (χ1v) is 8.02. The summed E-state index contributed by atoms with van der Waals surface area (Å²) in [7, 11) is 0. The van der Waals surface area contributed by atoms with Crippen LogP contribution in [0.25, 0.3) is 5.69 Å². The molecule has 0 spiro atoms. The van der Waals surface area contributed by atoms with Crippen molar-refractivity contribution in [3.8, 4) is 11.8 Å². The highest BCUT2D eigenvalue weighted by molar-refractivity contribution is 7.99. The summed E-state index contributed by atoms with van der Waals surface area (Å²) in [5, 5.41) is 22.2. The van der Waals surface area contributed by atoms with Crippen molar-refractivity contribution < 1.29 is 0 Å². The van der Waals surface area contributed by atoms with Crippen LogP contribution in [0, 0.1) is 25.2 Å². The zero-order chi connectivity index (χ0) is 16.4. The zero-order valence-electron chi connectivity index (χ0n) is 12.5. The summed E-state index contributed by atoms with van der Waals surface area (Å²) in [4.78, 5) is 0.723. The van der Waals surface area contributed by atoms with E-state index >= 15 is 0 Å². The van der Waals surface area contributed by atoms with Crippen molar-refractivity contribution in [1.29, 1.82) is 5.26 Å². The fourth-order valence-corrected chi connectivity index (χ4v) is 3.31. The van der Waals surface area contributed by atoms with Crippen LogP contribution in [0.1, 0.15) is 16.7 Å². The number of nitrogens with zero attached hydrogens (tertiary/aromatic N) is 5. The number of benzene rings is 2. The smallest absolute Gasteiger partial charge is 0.192 e. The van der Waals surface area contributed by atoms with Gasteiger partial charge in [0, 0.05) is 4.90 Å². The van der Waals surface area contributed by atoms with Gasteiger partial charge in [-0.2, -0.15) is 9.94 Å². The highest BCUT2D eigenvalue weighted by atomic mass is 35.5. The molecule has 0 amide bonds. The summed E-state index contributed by atoms with van der Waals surface area (Å²) in [6, 6.07) is 13.5. The van der Waals surface area contributed by atoms with Gasteiger partial charge >= 0.3 is 0 Å². The summed E-state index contributed by atoms with van der Waals surface area (Å²) in [5.41, 5.74) is 3.53. The van der Waals surface area contributed by atoms with Crippen LogP contribution in [0.5, 0.6) is 0 Å². The molecule has 23 heavy (non-hydrogen) atoms. The number of aromatic nitrogens is 4. The fraction of sp³-hybridized carbons (Fsp3) is 0.125. The molecular formula is C16H12ClN5S. The monoisotopic (exact) mass is 341 g/mol.